The van der Waals surface area contributed by atoms with Gasteiger partial charge < -0.3 is 10.1 Å². The van der Waals surface area contributed by atoms with Crippen molar-refractivity contribution in [1.82, 2.24) is 4.98 Å². The molecule has 0 aliphatic rings. The van der Waals surface area contributed by atoms with Gasteiger partial charge in [-0.05, 0) is 61.6 Å². The lowest BCUT2D eigenvalue weighted by molar-refractivity contribution is 0.103. The van der Waals surface area contributed by atoms with Crippen molar-refractivity contribution in [3.05, 3.63) is 75.2 Å². The maximum absolute atomic E-state index is 12.7. The van der Waals surface area contributed by atoms with E-state index in [0.29, 0.717) is 17.4 Å². The first kappa shape index (κ1) is 20.1. The van der Waals surface area contributed by atoms with Gasteiger partial charge in [0.2, 0.25) is 0 Å². The number of hydrogen-bond acceptors (Lipinski definition) is 4. The lowest BCUT2D eigenvalue weighted by atomic mass is 9.99. The van der Waals surface area contributed by atoms with Gasteiger partial charge in [-0.15, -0.1) is 11.3 Å². The predicted molar refractivity (Wildman–Crippen MR) is 115 cm³/mol. The fourth-order valence-corrected chi connectivity index (χ4v) is 3.77. The largest absolute Gasteiger partial charge is 0.486 e. The van der Waals surface area contributed by atoms with Crippen LogP contribution in [-0.2, 0) is 6.61 Å². The van der Waals surface area contributed by atoms with Gasteiger partial charge in [-0.1, -0.05) is 38.1 Å². The fraction of sp³-hybridized carbons (Fsp3) is 0.304. The average molecular weight is 395 g/mol. The topological polar surface area (TPSA) is 51.2 Å². The van der Waals surface area contributed by atoms with Crippen molar-refractivity contribution in [2.45, 2.75) is 46.6 Å². The fourth-order valence-electron chi connectivity index (χ4n) is 2.89. The number of ether oxygens (including phenoxy) is 1. The number of hydrogen-bond donors (Lipinski definition) is 1. The monoisotopic (exact) mass is 394 g/mol. The molecule has 1 N–H and O–H groups in total. The second kappa shape index (κ2) is 9.02. The highest BCUT2D eigenvalue weighted by Crippen LogP contribution is 2.24. The van der Waals surface area contributed by atoms with Crippen LogP contribution >= 0.6 is 11.3 Å². The Morgan fingerprint density at radius 2 is 1.93 bits per heavy atom. The summed E-state index contributed by atoms with van der Waals surface area (Å²) in [7, 11) is 0. The van der Waals surface area contributed by atoms with Crippen molar-refractivity contribution in [3.8, 4) is 5.75 Å². The highest BCUT2D eigenvalue weighted by atomic mass is 32.1. The van der Waals surface area contributed by atoms with Crippen LogP contribution in [0.1, 0.15) is 57.7 Å². The molecule has 1 aromatic heterocycles. The average Bonchev–Trinajstić information content (AvgIpc) is 3.07. The molecule has 0 radical (unpaired) electrons. The zero-order valence-corrected chi connectivity index (χ0v) is 17.6. The van der Waals surface area contributed by atoms with E-state index >= 15 is 0 Å². The molecule has 0 bridgehead atoms. The summed E-state index contributed by atoms with van der Waals surface area (Å²) in [6.45, 7) is 8.61. The molecule has 0 aliphatic heterocycles. The molecular weight excluding hydrogens is 368 g/mol. The van der Waals surface area contributed by atoms with Crippen molar-refractivity contribution in [3.63, 3.8) is 0 Å². The number of carbonyl (C=O) groups excluding carboxylic acids is 1. The molecule has 28 heavy (non-hydrogen) atoms. The van der Waals surface area contributed by atoms with Crippen molar-refractivity contribution in [2.24, 2.45) is 0 Å². The van der Waals surface area contributed by atoms with Crippen LogP contribution in [0.5, 0.6) is 5.75 Å². The van der Waals surface area contributed by atoms with E-state index < -0.39 is 0 Å². The van der Waals surface area contributed by atoms with Crippen molar-refractivity contribution in [2.75, 3.05) is 5.32 Å². The molecule has 1 heterocycles. The lowest BCUT2D eigenvalue weighted by Gasteiger charge is -2.10. The molecule has 0 fully saturated rings. The number of benzene rings is 2. The Labute approximate surface area is 170 Å². The SMILES string of the molecule is CC[C@@H](C)c1ccc(NC(=O)c2sc(COc3cccc(C)c3)nc2C)cc1. The van der Waals surface area contributed by atoms with E-state index in [0.717, 1.165) is 34.1 Å². The van der Waals surface area contributed by atoms with Gasteiger partial charge in [0.05, 0.1) is 5.69 Å². The normalized spacial score (nSPS) is 11.9. The molecule has 0 saturated carbocycles. The number of aryl methyl sites for hydroxylation is 2. The zero-order chi connectivity index (χ0) is 20.1. The highest BCUT2D eigenvalue weighted by molar-refractivity contribution is 7.13. The van der Waals surface area contributed by atoms with Crippen LogP contribution in [0, 0.1) is 13.8 Å². The molecule has 1 amide bonds. The van der Waals surface area contributed by atoms with Gasteiger partial charge in [0.1, 0.15) is 22.2 Å². The summed E-state index contributed by atoms with van der Waals surface area (Å²) in [5.74, 6) is 1.19. The number of amides is 1. The van der Waals surface area contributed by atoms with Gasteiger partial charge in [0.25, 0.3) is 5.91 Å². The number of aromatic nitrogens is 1. The number of rotatable bonds is 7. The van der Waals surface area contributed by atoms with E-state index in [2.05, 4.69) is 36.3 Å². The highest BCUT2D eigenvalue weighted by Gasteiger charge is 2.16. The molecule has 146 valence electrons. The molecule has 4 nitrogen and oxygen atoms in total. The number of nitrogens with one attached hydrogen (secondary N) is 1. The van der Waals surface area contributed by atoms with Crippen LogP contribution in [0.3, 0.4) is 0 Å². The van der Waals surface area contributed by atoms with E-state index in [4.69, 9.17) is 4.74 Å². The molecule has 3 rings (SSSR count). The van der Waals surface area contributed by atoms with E-state index in [1.54, 1.807) is 0 Å². The van der Waals surface area contributed by atoms with E-state index in [1.807, 2.05) is 50.2 Å². The maximum Gasteiger partial charge on any atom is 0.267 e. The van der Waals surface area contributed by atoms with Crippen LogP contribution in [-0.4, -0.2) is 10.9 Å². The van der Waals surface area contributed by atoms with Crippen LogP contribution in [0.15, 0.2) is 48.5 Å². The molecule has 0 saturated heterocycles. The van der Waals surface area contributed by atoms with Gasteiger partial charge in [0.15, 0.2) is 0 Å². The summed E-state index contributed by atoms with van der Waals surface area (Å²) in [5.41, 5.74) is 3.95. The van der Waals surface area contributed by atoms with Crippen molar-refractivity contribution in [1.29, 1.82) is 0 Å². The lowest BCUT2D eigenvalue weighted by Crippen LogP contribution is -2.11. The first-order valence-corrected chi connectivity index (χ1v) is 10.3. The van der Waals surface area contributed by atoms with Crippen LogP contribution in [0.2, 0.25) is 0 Å². The maximum atomic E-state index is 12.7. The smallest absolute Gasteiger partial charge is 0.267 e. The Morgan fingerprint density at radius 1 is 1.18 bits per heavy atom. The predicted octanol–water partition coefficient (Wildman–Crippen LogP) is 6.10. The Bertz CT molecular complexity index is 947. The molecule has 0 unspecified atom stereocenters. The van der Waals surface area contributed by atoms with Crippen LogP contribution < -0.4 is 10.1 Å². The molecule has 0 spiro atoms. The molecule has 0 aliphatic carbocycles. The summed E-state index contributed by atoms with van der Waals surface area (Å²) >= 11 is 1.37. The Balaban J connectivity index is 1.64. The summed E-state index contributed by atoms with van der Waals surface area (Å²) in [6, 6.07) is 16.0. The van der Waals surface area contributed by atoms with E-state index in [9.17, 15) is 4.79 Å². The second-order valence-electron chi connectivity index (χ2n) is 7.01. The molecule has 2 aromatic carbocycles. The summed E-state index contributed by atoms with van der Waals surface area (Å²) in [5, 5.41) is 3.76. The number of thiazole rings is 1. The zero-order valence-electron chi connectivity index (χ0n) is 16.8. The van der Waals surface area contributed by atoms with Crippen LogP contribution in [0.25, 0.3) is 0 Å². The Kier molecular flexibility index (Phi) is 6.47. The third-order valence-electron chi connectivity index (χ3n) is 4.75. The van der Waals surface area contributed by atoms with Gasteiger partial charge >= 0.3 is 0 Å². The van der Waals surface area contributed by atoms with E-state index in [-0.39, 0.29) is 5.91 Å². The van der Waals surface area contributed by atoms with Crippen molar-refractivity contribution < 1.29 is 9.53 Å². The summed E-state index contributed by atoms with van der Waals surface area (Å²) in [4.78, 5) is 17.8. The minimum absolute atomic E-state index is 0.131. The number of carbonyl (C=O) groups is 1. The van der Waals surface area contributed by atoms with E-state index in [1.165, 1.54) is 16.9 Å². The third kappa shape index (κ3) is 4.98. The van der Waals surface area contributed by atoms with Gasteiger partial charge in [0, 0.05) is 5.69 Å². The minimum Gasteiger partial charge on any atom is -0.486 e. The summed E-state index contributed by atoms with van der Waals surface area (Å²) < 4.78 is 5.80. The first-order chi connectivity index (χ1) is 13.5. The van der Waals surface area contributed by atoms with Crippen molar-refractivity contribution >= 4 is 22.9 Å². The number of nitrogens with zero attached hydrogens (tertiary/aromatic N) is 1. The van der Waals surface area contributed by atoms with Gasteiger partial charge in [-0.3, -0.25) is 4.79 Å². The minimum atomic E-state index is -0.131. The van der Waals surface area contributed by atoms with Gasteiger partial charge in [-0.25, -0.2) is 4.98 Å². The quantitative estimate of drug-likeness (QED) is 0.526. The molecule has 1 atom stereocenters. The van der Waals surface area contributed by atoms with Gasteiger partial charge in [-0.2, -0.15) is 0 Å². The Morgan fingerprint density at radius 3 is 2.61 bits per heavy atom. The molecule has 5 heteroatoms. The second-order valence-corrected chi connectivity index (χ2v) is 8.10. The first-order valence-electron chi connectivity index (χ1n) is 9.53. The molecule has 3 aromatic rings. The Hall–Kier alpha value is -2.66. The summed E-state index contributed by atoms with van der Waals surface area (Å²) in [6.07, 6.45) is 1.10. The van der Waals surface area contributed by atoms with Crippen LogP contribution in [0.4, 0.5) is 5.69 Å². The number of anilines is 1. The third-order valence-corrected chi connectivity index (χ3v) is 5.88. The molecular formula is C23H26N2O2S. The standard InChI is InChI=1S/C23H26N2O2S/c1-5-16(3)18-9-11-19(12-10-18)25-23(26)22-17(4)24-21(28-22)14-27-20-8-6-7-15(2)13-20/h6-13,16H,5,14H2,1-4H3,(H,25,26)/t16-/m1/s1.